The Bertz CT molecular complexity index is 536. The molecule has 1 aromatic heterocycles. The van der Waals surface area contributed by atoms with Gasteiger partial charge in [0.15, 0.2) is 0 Å². The smallest absolute Gasteiger partial charge is 0.228 e. The SMILES string of the molecule is Cc1cc(CN(C)C(=O)[C@H]2CC(=O)N(C3CC3)C2)no1. The zero-order valence-electron chi connectivity index (χ0n) is 11.8. The number of carbonyl (C=O) groups excluding carboxylic acids is 2. The van der Waals surface area contributed by atoms with Crippen LogP contribution in [0.3, 0.4) is 0 Å². The highest BCUT2D eigenvalue weighted by molar-refractivity contribution is 5.89. The lowest BCUT2D eigenvalue weighted by molar-refractivity contribution is -0.135. The van der Waals surface area contributed by atoms with E-state index in [4.69, 9.17) is 4.52 Å². The fourth-order valence-corrected chi connectivity index (χ4v) is 2.76. The van der Waals surface area contributed by atoms with Crippen LogP contribution in [0.1, 0.15) is 30.7 Å². The molecule has 2 aliphatic rings. The summed E-state index contributed by atoms with van der Waals surface area (Å²) in [7, 11) is 1.75. The summed E-state index contributed by atoms with van der Waals surface area (Å²) in [5.41, 5.74) is 0.738. The second kappa shape index (κ2) is 4.92. The van der Waals surface area contributed by atoms with Gasteiger partial charge in [-0.05, 0) is 19.8 Å². The Morgan fingerprint density at radius 1 is 1.55 bits per heavy atom. The van der Waals surface area contributed by atoms with Gasteiger partial charge in [-0.2, -0.15) is 0 Å². The van der Waals surface area contributed by atoms with Crippen LogP contribution in [0.2, 0.25) is 0 Å². The minimum atomic E-state index is -0.207. The Morgan fingerprint density at radius 2 is 2.30 bits per heavy atom. The number of aryl methyl sites for hydroxylation is 1. The van der Waals surface area contributed by atoms with Crippen molar-refractivity contribution < 1.29 is 14.1 Å². The van der Waals surface area contributed by atoms with Crippen LogP contribution in [0.15, 0.2) is 10.6 Å². The van der Waals surface area contributed by atoms with Gasteiger partial charge in [0.05, 0.1) is 12.5 Å². The molecular formula is C14H19N3O3. The molecule has 1 aromatic rings. The monoisotopic (exact) mass is 277 g/mol. The van der Waals surface area contributed by atoms with Crippen LogP contribution in [0.4, 0.5) is 0 Å². The maximum Gasteiger partial charge on any atom is 0.228 e. The molecule has 3 rings (SSSR count). The van der Waals surface area contributed by atoms with Crippen molar-refractivity contribution >= 4 is 11.8 Å². The normalized spacial score (nSPS) is 22.4. The fourth-order valence-electron chi connectivity index (χ4n) is 2.76. The van der Waals surface area contributed by atoms with Crippen LogP contribution in [0.5, 0.6) is 0 Å². The lowest BCUT2D eigenvalue weighted by atomic mass is 10.1. The van der Waals surface area contributed by atoms with E-state index in [9.17, 15) is 9.59 Å². The summed E-state index contributed by atoms with van der Waals surface area (Å²) in [6, 6.07) is 2.21. The summed E-state index contributed by atoms with van der Waals surface area (Å²) >= 11 is 0. The molecule has 0 aromatic carbocycles. The van der Waals surface area contributed by atoms with Crippen LogP contribution in [0.25, 0.3) is 0 Å². The second-order valence-electron chi connectivity index (χ2n) is 5.80. The molecule has 1 saturated carbocycles. The Kier molecular flexibility index (Phi) is 3.23. The maximum absolute atomic E-state index is 12.4. The molecule has 1 atom stereocenters. The van der Waals surface area contributed by atoms with Gasteiger partial charge in [-0.25, -0.2) is 0 Å². The fraction of sp³-hybridized carbons (Fsp3) is 0.643. The summed E-state index contributed by atoms with van der Waals surface area (Å²) in [6.45, 7) is 2.82. The van der Waals surface area contributed by atoms with Gasteiger partial charge in [-0.15, -0.1) is 0 Å². The number of likely N-dealkylation sites (tertiary alicyclic amines) is 1. The number of carbonyl (C=O) groups is 2. The molecule has 2 amide bonds. The second-order valence-corrected chi connectivity index (χ2v) is 5.80. The van der Waals surface area contributed by atoms with Crippen molar-refractivity contribution in [2.45, 2.75) is 38.8 Å². The van der Waals surface area contributed by atoms with Gasteiger partial charge in [0, 0.05) is 32.1 Å². The predicted molar refractivity (Wildman–Crippen MR) is 70.6 cm³/mol. The van der Waals surface area contributed by atoms with Crippen molar-refractivity contribution in [1.29, 1.82) is 0 Å². The van der Waals surface area contributed by atoms with Gasteiger partial charge in [0.1, 0.15) is 11.5 Å². The maximum atomic E-state index is 12.4. The van der Waals surface area contributed by atoms with Crippen LogP contribution in [-0.4, -0.2) is 46.4 Å². The Labute approximate surface area is 117 Å². The number of hydrogen-bond acceptors (Lipinski definition) is 4. The highest BCUT2D eigenvalue weighted by Crippen LogP contribution is 2.33. The van der Waals surface area contributed by atoms with E-state index < -0.39 is 0 Å². The Hall–Kier alpha value is -1.85. The number of nitrogens with zero attached hydrogens (tertiary/aromatic N) is 3. The van der Waals surface area contributed by atoms with Crippen LogP contribution in [-0.2, 0) is 16.1 Å². The van der Waals surface area contributed by atoms with Gasteiger partial charge in [-0.3, -0.25) is 9.59 Å². The summed E-state index contributed by atoms with van der Waals surface area (Å²) in [5, 5.41) is 3.89. The van der Waals surface area contributed by atoms with Gasteiger partial charge in [-0.1, -0.05) is 5.16 Å². The van der Waals surface area contributed by atoms with E-state index in [1.807, 2.05) is 17.9 Å². The highest BCUT2D eigenvalue weighted by atomic mass is 16.5. The standard InChI is InChI=1S/C14H19N3O3/c1-9-5-11(15-20-9)8-16(2)14(19)10-6-13(18)17(7-10)12-3-4-12/h5,10,12H,3-4,6-8H2,1-2H3/t10-/m0/s1. The Morgan fingerprint density at radius 3 is 2.90 bits per heavy atom. The van der Waals surface area contributed by atoms with E-state index in [0.29, 0.717) is 25.6 Å². The van der Waals surface area contributed by atoms with Crippen molar-refractivity contribution in [3.05, 3.63) is 17.5 Å². The van der Waals surface area contributed by atoms with Crippen molar-refractivity contribution in [2.24, 2.45) is 5.92 Å². The minimum Gasteiger partial charge on any atom is -0.361 e. The number of rotatable bonds is 4. The molecule has 108 valence electrons. The first-order chi connectivity index (χ1) is 9.54. The third kappa shape index (κ3) is 2.55. The molecule has 2 heterocycles. The van der Waals surface area contributed by atoms with Gasteiger partial charge in [0.2, 0.25) is 11.8 Å². The molecule has 1 aliphatic carbocycles. The van der Waals surface area contributed by atoms with Crippen LogP contribution >= 0.6 is 0 Å². The Balaban J connectivity index is 1.59. The topological polar surface area (TPSA) is 66.7 Å². The van der Waals surface area contributed by atoms with E-state index in [0.717, 1.165) is 24.3 Å². The average Bonchev–Trinajstić information content (AvgIpc) is 3.06. The molecule has 6 heteroatoms. The highest BCUT2D eigenvalue weighted by Gasteiger charge is 2.42. The molecule has 1 saturated heterocycles. The zero-order chi connectivity index (χ0) is 14.3. The molecule has 0 unspecified atom stereocenters. The summed E-state index contributed by atoms with van der Waals surface area (Å²) < 4.78 is 4.99. The molecule has 20 heavy (non-hydrogen) atoms. The van der Waals surface area contributed by atoms with Gasteiger partial charge >= 0.3 is 0 Å². The van der Waals surface area contributed by atoms with E-state index in [2.05, 4.69) is 5.16 Å². The number of aromatic nitrogens is 1. The van der Waals surface area contributed by atoms with Crippen molar-refractivity contribution in [2.75, 3.05) is 13.6 Å². The average molecular weight is 277 g/mol. The molecule has 2 fully saturated rings. The first kappa shape index (κ1) is 13.1. The van der Waals surface area contributed by atoms with E-state index in [-0.39, 0.29) is 17.7 Å². The molecule has 0 N–H and O–H groups in total. The van der Waals surface area contributed by atoms with Crippen molar-refractivity contribution in [3.63, 3.8) is 0 Å². The molecule has 0 bridgehead atoms. The summed E-state index contributed by atoms with van der Waals surface area (Å²) in [6.07, 6.45) is 2.51. The third-order valence-corrected chi connectivity index (χ3v) is 3.95. The van der Waals surface area contributed by atoms with Crippen LogP contribution in [0, 0.1) is 12.8 Å². The lowest BCUT2D eigenvalue weighted by Crippen LogP contribution is -2.34. The number of amides is 2. The largest absolute Gasteiger partial charge is 0.361 e. The molecule has 1 aliphatic heterocycles. The lowest BCUT2D eigenvalue weighted by Gasteiger charge is -2.20. The summed E-state index contributed by atoms with van der Waals surface area (Å²) in [5.74, 6) is 0.664. The molecule has 0 spiro atoms. The van der Waals surface area contributed by atoms with E-state index in [1.165, 1.54) is 0 Å². The minimum absolute atomic E-state index is 0.0159. The van der Waals surface area contributed by atoms with E-state index >= 15 is 0 Å². The predicted octanol–water partition coefficient (Wildman–Crippen LogP) is 0.952. The molecule has 6 nitrogen and oxygen atoms in total. The zero-order valence-corrected chi connectivity index (χ0v) is 11.8. The van der Waals surface area contributed by atoms with Crippen molar-refractivity contribution in [1.82, 2.24) is 15.0 Å². The number of hydrogen-bond donors (Lipinski definition) is 0. The van der Waals surface area contributed by atoms with Gasteiger partial charge < -0.3 is 14.3 Å². The quantitative estimate of drug-likeness (QED) is 0.822. The molecular weight excluding hydrogens is 258 g/mol. The summed E-state index contributed by atoms with van der Waals surface area (Å²) in [4.78, 5) is 27.8. The van der Waals surface area contributed by atoms with Crippen molar-refractivity contribution in [3.8, 4) is 0 Å². The third-order valence-electron chi connectivity index (χ3n) is 3.95. The van der Waals surface area contributed by atoms with Crippen LogP contribution < -0.4 is 0 Å². The first-order valence-corrected chi connectivity index (χ1v) is 7.01. The van der Waals surface area contributed by atoms with E-state index in [1.54, 1.807) is 11.9 Å². The first-order valence-electron chi connectivity index (χ1n) is 7.01. The molecule has 0 radical (unpaired) electrons. The van der Waals surface area contributed by atoms with Gasteiger partial charge in [0.25, 0.3) is 0 Å².